The first-order chi connectivity index (χ1) is 14.0. The molecule has 0 amide bonds. The Labute approximate surface area is 173 Å². The van der Waals surface area contributed by atoms with Crippen molar-refractivity contribution in [2.75, 3.05) is 0 Å². The molecule has 4 aromatic rings. The number of aromatic nitrogens is 2. The fraction of sp³-hybridized carbons (Fsp3) is 0.217. The molecule has 148 valence electrons. The van der Waals surface area contributed by atoms with E-state index < -0.39 is 0 Å². The summed E-state index contributed by atoms with van der Waals surface area (Å²) in [6.45, 7) is 6.20. The zero-order valence-electron chi connectivity index (χ0n) is 16.6. The Hall–Kier alpha value is -3.12. The summed E-state index contributed by atoms with van der Waals surface area (Å²) in [6, 6.07) is 15.9. The average molecular weight is 407 g/mol. The van der Waals surface area contributed by atoms with Crippen molar-refractivity contribution in [3.05, 3.63) is 77.2 Å². The number of carbonyl (C=O) groups is 1. The van der Waals surface area contributed by atoms with Crippen LogP contribution in [-0.2, 0) is 6.61 Å². The van der Waals surface area contributed by atoms with Gasteiger partial charge in [-0.3, -0.25) is 9.36 Å². The summed E-state index contributed by atoms with van der Waals surface area (Å²) in [7, 11) is 0. The number of nitrogens with zero attached hydrogens (tertiary/aromatic N) is 2. The smallest absolute Gasteiger partial charge is 0.277 e. The minimum absolute atomic E-state index is 0.0582. The topological polar surface area (TPSA) is 53.4 Å². The molecule has 2 heterocycles. The third-order valence-electron chi connectivity index (χ3n) is 4.45. The number of hydrogen-bond donors (Lipinski definition) is 0. The van der Waals surface area contributed by atoms with Gasteiger partial charge in [-0.15, -0.1) is 11.3 Å². The van der Waals surface area contributed by atoms with Crippen LogP contribution < -0.4 is 9.47 Å². The van der Waals surface area contributed by atoms with Gasteiger partial charge in [0.2, 0.25) is 0 Å². The molecule has 2 aromatic carbocycles. The molecule has 0 aliphatic rings. The number of carbonyl (C=O) groups excluding carboxylic acids is 1. The second-order valence-electron chi connectivity index (χ2n) is 7.01. The fourth-order valence-corrected chi connectivity index (χ4v) is 4.13. The Morgan fingerprint density at radius 3 is 2.66 bits per heavy atom. The Kier molecular flexibility index (Phi) is 5.36. The second kappa shape index (κ2) is 8.09. The third kappa shape index (κ3) is 4.03. The van der Waals surface area contributed by atoms with Gasteiger partial charge < -0.3 is 9.47 Å². The monoisotopic (exact) mass is 406 g/mol. The molecule has 4 rings (SSSR count). The van der Waals surface area contributed by atoms with E-state index in [1.807, 2.05) is 69.3 Å². The first-order valence-corrected chi connectivity index (χ1v) is 10.3. The minimum atomic E-state index is -0.136. The molecule has 0 fully saturated rings. The zero-order valence-corrected chi connectivity index (χ0v) is 17.4. The van der Waals surface area contributed by atoms with Gasteiger partial charge in [0.15, 0.2) is 5.75 Å². The quantitative estimate of drug-likeness (QED) is 0.427. The van der Waals surface area contributed by atoms with E-state index in [0.717, 1.165) is 21.4 Å². The van der Waals surface area contributed by atoms with Gasteiger partial charge in [0, 0.05) is 22.5 Å². The Balaban J connectivity index is 1.71. The van der Waals surface area contributed by atoms with E-state index in [2.05, 4.69) is 4.98 Å². The van der Waals surface area contributed by atoms with Gasteiger partial charge in [-0.2, -0.15) is 0 Å². The van der Waals surface area contributed by atoms with Crippen LogP contribution in [-0.4, -0.2) is 21.6 Å². The van der Waals surface area contributed by atoms with Crippen molar-refractivity contribution >= 4 is 27.3 Å². The molecule has 0 saturated carbocycles. The number of benzene rings is 2. The Morgan fingerprint density at radius 2 is 1.97 bits per heavy atom. The Bertz CT molecular complexity index is 1150. The maximum Gasteiger partial charge on any atom is 0.277 e. The lowest BCUT2D eigenvalue weighted by molar-refractivity contribution is 0.0956. The van der Waals surface area contributed by atoms with Crippen LogP contribution in [0.25, 0.3) is 10.1 Å². The predicted molar refractivity (Wildman–Crippen MR) is 115 cm³/mol. The van der Waals surface area contributed by atoms with E-state index in [1.54, 1.807) is 17.0 Å². The second-order valence-corrected chi connectivity index (χ2v) is 8.06. The van der Waals surface area contributed by atoms with Crippen molar-refractivity contribution in [1.82, 2.24) is 9.55 Å². The van der Waals surface area contributed by atoms with Crippen molar-refractivity contribution in [1.29, 1.82) is 0 Å². The average Bonchev–Trinajstić information content (AvgIpc) is 3.30. The van der Waals surface area contributed by atoms with Gasteiger partial charge >= 0.3 is 0 Å². The molecule has 29 heavy (non-hydrogen) atoms. The highest BCUT2D eigenvalue weighted by Gasteiger charge is 2.23. The van der Waals surface area contributed by atoms with Crippen molar-refractivity contribution in [2.45, 2.75) is 33.5 Å². The van der Waals surface area contributed by atoms with Crippen LogP contribution in [0.15, 0.2) is 60.9 Å². The lowest BCUT2D eigenvalue weighted by Gasteiger charge is -2.12. The summed E-state index contributed by atoms with van der Waals surface area (Å²) in [5.41, 5.74) is 1.10. The van der Waals surface area contributed by atoms with Crippen LogP contribution in [0.1, 0.15) is 34.9 Å². The summed E-state index contributed by atoms with van der Waals surface area (Å²) in [4.78, 5) is 17.8. The van der Waals surface area contributed by atoms with Gasteiger partial charge in [-0.05, 0) is 44.5 Å². The van der Waals surface area contributed by atoms with Gasteiger partial charge in [0.25, 0.3) is 5.91 Å². The molecule has 0 saturated heterocycles. The number of rotatable bonds is 6. The molecule has 0 aliphatic carbocycles. The minimum Gasteiger partial charge on any atom is -0.489 e. The van der Waals surface area contributed by atoms with Gasteiger partial charge in [0.05, 0.1) is 6.10 Å². The maximum absolute atomic E-state index is 13.1. The predicted octanol–water partition coefficient (Wildman–Crippen LogP) is 5.46. The van der Waals surface area contributed by atoms with Crippen molar-refractivity contribution in [2.24, 2.45) is 0 Å². The molecular formula is C23H22N2O3S. The highest BCUT2D eigenvalue weighted by Crippen LogP contribution is 2.41. The normalized spacial score (nSPS) is 11.2. The highest BCUT2D eigenvalue weighted by molar-refractivity contribution is 7.21. The van der Waals surface area contributed by atoms with Crippen molar-refractivity contribution < 1.29 is 14.3 Å². The van der Waals surface area contributed by atoms with Crippen LogP contribution in [0.5, 0.6) is 11.5 Å². The van der Waals surface area contributed by atoms with Crippen LogP contribution in [0, 0.1) is 6.92 Å². The summed E-state index contributed by atoms with van der Waals surface area (Å²) in [6.07, 6.45) is 3.24. The molecule has 6 heteroatoms. The van der Waals surface area contributed by atoms with Gasteiger partial charge in [0.1, 0.15) is 23.1 Å². The maximum atomic E-state index is 13.1. The summed E-state index contributed by atoms with van der Waals surface area (Å²) >= 11 is 1.43. The van der Waals surface area contributed by atoms with Gasteiger partial charge in [-0.1, -0.05) is 30.3 Å². The van der Waals surface area contributed by atoms with E-state index in [-0.39, 0.29) is 12.0 Å². The first-order valence-electron chi connectivity index (χ1n) is 9.47. The number of imidazole rings is 1. The number of thiophene rings is 1. The molecule has 0 atom stereocenters. The van der Waals surface area contributed by atoms with E-state index in [4.69, 9.17) is 9.47 Å². The summed E-state index contributed by atoms with van der Waals surface area (Å²) in [5, 5.41) is 0.885. The SMILES string of the molecule is Cc1nccn1C(=O)c1sc2ccc(OCc3ccccc3)cc2c1OC(C)C. The molecule has 0 N–H and O–H groups in total. The van der Waals surface area contributed by atoms with Crippen molar-refractivity contribution in [3.63, 3.8) is 0 Å². The van der Waals surface area contributed by atoms with E-state index in [9.17, 15) is 4.79 Å². The fourth-order valence-electron chi connectivity index (χ4n) is 3.08. The molecule has 0 bridgehead atoms. The number of hydrogen-bond acceptors (Lipinski definition) is 5. The van der Waals surface area contributed by atoms with Crippen molar-refractivity contribution in [3.8, 4) is 11.5 Å². The molecule has 0 unspecified atom stereocenters. The van der Waals surface area contributed by atoms with E-state index in [0.29, 0.717) is 23.1 Å². The largest absolute Gasteiger partial charge is 0.489 e. The Morgan fingerprint density at radius 1 is 1.17 bits per heavy atom. The molecule has 2 aromatic heterocycles. The van der Waals surface area contributed by atoms with Crippen LogP contribution in [0.3, 0.4) is 0 Å². The van der Waals surface area contributed by atoms with E-state index >= 15 is 0 Å². The van der Waals surface area contributed by atoms with Crippen LogP contribution >= 0.6 is 11.3 Å². The number of fused-ring (bicyclic) bond motifs is 1. The first kappa shape index (κ1) is 19.2. The lowest BCUT2D eigenvalue weighted by atomic mass is 10.2. The molecule has 5 nitrogen and oxygen atoms in total. The molecular weight excluding hydrogens is 384 g/mol. The number of aryl methyl sites for hydroxylation is 1. The van der Waals surface area contributed by atoms with E-state index in [1.165, 1.54) is 11.3 Å². The summed E-state index contributed by atoms with van der Waals surface area (Å²) in [5.74, 6) is 1.85. The molecule has 0 spiro atoms. The third-order valence-corrected chi connectivity index (χ3v) is 5.59. The molecule has 0 aliphatic heterocycles. The lowest BCUT2D eigenvalue weighted by Crippen LogP contribution is -2.14. The molecule has 0 radical (unpaired) electrons. The van der Waals surface area contributed by atoms with Crippen LogP contribution in [0.2, 0.25) is 0 Å². The van der Waals surface area contributed by atoms with Crippen LogP contribution in [0.4, 0.5) is 0 Å². The zero-order chi connectivity index (χ0) is 20.4. The highest BCUT2D eigenvalue weighted by atomic mass is 32.1. The standard InChI is InChI=1S/C23H22N2O3S/c1-15(2)28-21-19-13-18(27-14-17-7-5-4-6-8-17)9-10-20(19)29-22(21)23(26)25-12-11-24-16(25)3/h4-13,15H,14H2,1-3H3. The summed E-state index contributed by atoms with van der Waals surface area (Å²) < 4.78 is 14.6. The van der Waals surface area contributed by atoms with Gasteiger partial charge in [-0.25, -0.2) is 4.98 Å². The number of ether oxygens (including phenoxy) is 2.